The largest absolute Gasteiger partial charge is 0.505 e. The monoisotopic (exact) mass is 547 g/mol. The Kier molecular flexibility index (Phi) is 6.59. The first-order valence-corrected chi connectivity index (χ1v) is 12.1. The summed E-state index contributed by atoms with van der Waals surface area (Å²) in [5.74, 6) is 1.92. The quantitative estimate of drug-likeness (QED) is 0.353. The molecule has 4 rings (SSSR count). The second kappa shape index (κ2) is 9.30. The van der Waals surface area contributed by atoms with Crippen LogP contribution >= 0.6 is 27.7 Å². The van der Waals surface area contributed by atoms with E-state index in [0.717, 1.165) is 23.0 Å². The molecule has 0 fully saturated rings. The first kappa shape index (κ1) is 24.1. The Bertz CT molecular complexity index is 1220. The Labute approximate surface area is 210 Å². The van der Waals surface area contributed by atoms with Gasteiger partial charge in [0, 0.05) is 18.6 Å². The molecule has 1 aliphatic rings. The maximum Gasteiger partial charge on any atom is 0.258 e. The summed E-state index contributed by atoms with van der Waals surface area (Å²) in [5.41, 5.74) is 1.35. The number of phenolic OH excluding ortho intramolecular Hbond substituents is 1. The topological polar surface area (TPSA) is 109 Å². The predicted octanol–water partition coefficient (Wildman–Crippen LogP) is 5.38. The Balaban J connectivity index is 1.64. The minimum Gasteiger partial charge on any atom is -0.505 e. The number of aromatic hydroxyl groups is 1. The average molecular weight is 548 g/mol. The lowest BCUT2D eigenvalue weighted by Crippen LogP contribution is -2.26. The van der Waals surface area contributed by atoms with Gasteiger partial charge in [0.2, 0.25) is 6.79 Å². The molecule has 0 bridgehead atoms. The number of ether oxygens (including phenoxy) is 2. The molecule has 2 heterocycles. The second-order valence-electron chi connectivity index (χ2n) is 9.16. The molecule has 0 unspecified atom stereocenters. The Morgan fingerprint density at radius 1 is 1.15 bits per heavy atom. The number of hydrogen-bond donors (Lipinski definition) is 3. The number of phenols is 1. The third-order valence-corrected chi connectivity index (χ3v) is 6.56. The molecule has 2 aromatic carbocycles. The summed E-state index contributed by atoms with van der Waals surface area (Å²) in [4.78, 5) is 14.0. The summed E-state index contributed by atoms with van der Waals surface area (Å²) in [6.45, 7) is 6.59. The van der Waals surface area contributed by atoms with Crippen molar-refractivity contribution in [2.75, 3.05) is 31.5 Å². The fraction of sp³-hybridized carbons (Fsp3) is 0.348. The van der Waals surface area contributed by atoms with E-state index in [9.17, 15) is 9.90 Å². The Morgan fingerprint density at radius 2 is 1.85 bits per heavy atom. The van der Waals surface area contributed by atoms with Crippen LogP contribution in [0, 0.1) is 5.41 Å². The van der Waals surface area contributed by atoms with E-state index < -0.39 is 0 Å². The van der Waals surface area contributed by atoms with Gasteiger partial charge in [-0.1, -0.05) is 26.8 Å². The first-order valence-electron chi connectivity index (χ1n) is 10.5. The second-order valence-corrected chi connectivity index (χ2v) is 10.5. The van der Waals surface area contributed by atoms with Gasteiger partial charge in [0.25, 0.3) is 5.91 Å². The van der Waals surface area contributed by atoms with Gasteiger partial charge in [0.05, 0.1) is 29.0 Å². The molecule has 180 valence electrons. The van der Waals surface area contributed by atoms with E-state index in [1.807, 2.05) is 18.2 Å². The SMILES string of the molecule is CN(C)C(=O)c1c(Br)ccc(Nc2nsnc2N[C@@H](c2ccc3c(c2)OCO3)C(C)(C)C)c1O. The fourth-order valence-corrected chi connectivity index (χ4v) is 4.58. The molecule has 1 aliphatic heterocycles. The zero-order valence-corrected chi connectivity index (χ0v) is 21.9. The molecule has 0 spiro atoms. The van der Waals surface area contributed by atoms with Crippen LogP contribution < -0.4 is 20.1 Å². The van der Waals surface area contributed by atoms with Gasteiger partial charge in [-0.2, -0.15) is 8.75 Å². The van der Waals surface area contributed by atoms with Crippen molar-refractivity contribution >= 4 is 50.9 Å². The number of carbonyl (C=O) groups excluding carboxylic acids is 1. The highest BCUT2D eigenvalue weighted by Crippen LogP contribution is 2.42. The first-order chi connectivity index (χ1) is 16.1. The van der Waals surface area contributed by atoms with E-state index in [1.165, 1.54) is 4.90 Å². The van der Waals surface area contributed by atoms with Crippen molar-refractivity contribution in [1.82, 2.24) is 13.6 Å². The van der Waals surface area contributed by atoms with Crippen molar-refractivity contribution in [3.05, 3.63) is 45.9 Å². The Morgan fingerprint density at radius 3 is 2.56 bits per heavy atom. The minimum atomic E-state index is -0.321. The fourth-order valence-electron chi connectivity index (χ4n) is 3.62. The maximum absolute atomic E-state index is 12.6. The number of nitrogens with one attached hydrogen (secondary N) is 2. The zero-order valence-electron chi connectivity index (χ0n) is 19.5. The lowest BCUT2D eigenvalue weighted by atomic mass is 9.82. The number of benzene rings is 2. The van der Waals surface area contributed by atoms with Gasteiger partial charge < -0.3 is 30.1 Å². The van der Waals surface area contributed by atoms with Crippen LogP contribution in [0.5, 0.6) is 17.2 Å². The molecular weight excluding hydrogens is 522 g/mol. The molecule has 0 aliphatic carbocycles. The van der Waals surface area contributed by atoms with Gasteiger partial charge in [0.15, 0.2) is 28.9 Å². The zero-order chi connectivity index (χ0) is 24.6. The molecule has 1 amide bonds. The number of fused-ring (bicyclic) bond motifs is 1. The van der Waals surface area contributed by atoms with E-state index in [-0.39, 0.29) is 35.5 Å². The number of aromatic nitrogens is 2. The van der Waals surface area contributed by atoms with E-state index in [1.54, 1.807) is 26.2 Å². The van der Waals surface area contributed by atoms with Crippen molar-refractivity contribution < 1.29 is 19.4 Å². The minimum absolute atomic E-state index is 0.129. The van der Waals surface area contributed by atoms with Gasteiger partial charge in [-0.25, -0.2) is 0 Å². The third-order valence-electron chi connectivity index (χ3n) is 5.37. The molecule has 1 atom stereocenters. The maximum atomic E-state index is 12.6. The lowest BCUT2D eigenvalue weighted by Gasteiger charge is -2.32. The van der Waals surface area contributed by atoms with Crippen molar-refractivity contribution in [2.45, 2.75) is 26.8 Å². The van der Waals surface area contributed by atoms with Gasteiger partial charge in [-0.3, -0.25) is 4.79 Å². The summed E-state index contributed by atoms with van der Waals surface area (Å²) >= 11 is 4.39. The number of anilines is 3. The van der Waals surface area contributed by atoms with Crippen molar-refractivity contribution in [1.29, 1.82) is 0 Å². The molecule has 9 nitrogen and oxygen atoms in total. The predicted molar refractivity (Wildman–Crippen MR) is 135 cm³/mol. The smallest absolute Gasteiger partial charge is 0.258 e. The van der Waals surface area contributed by atoms with Crippen LogP contribution in [0.2, 0.25) is 0 Å². The number of rotatable bonds is 6. The van der Waals surface area contributed by atoms with Crippen molar-refractivity contribution in [3.63, 3.8) is 0 Å². The van der Waals surface area contributed by atoms with E-state index in [4.69, 9.17) is 9.47 Å². The van der Waals surface area contributed by atoms with Crippen LogP contribution in [0.3, 0.4) is 0 Å². The molecule has 0 saturated carbocycles. The molecule has 3 N–H and O–H groups in total. The van der Waals surface area contributed by atoms with Gasteiger partial charge in [-0.15, -0.1) is 0 Å². The van der Waals surface area contributed by atoms with Crippen LogP contribution in [0.4, 0.5) is 17.3 Å². The van der Waals surface area contributed by atoms with Gasteiger partial charge in [0.1, 0.15) is 0 Å². The highest BCUT2D eigenvalue weighted by Gasteiger charge is 2.30. The molecule has 11 heteroatoms. The van der Waals surface area contributed by atoms with Crippen LogP contribution in [0.1, 0.15) is 42.7 Å². The van der Waals surface area contributed by atoms with Crippen LogP contribution in [-0.4, -0.2) is 45.5 Å². The molecule has 0 radical (unpaired) electrons. The van der Waals surface area contributed by atoms with Crippen LogP contribution in [0.25, 0.3) is 0 Å². The number of nitrogens with zero attached hydrogens (tertiary/aromatic N) is 3. The summed E-state index contributed by atoms with van der Waals surface area (Å²) in [7, 11) is 3.26. The summed E-state index contributed by atoms with van der Waals surface area (Å²) in [5, 5.41) is 17.4. The molecular formula is C23H26BrN5O4S. The highest BCUT2D eigenvalue weighted by atomic mass is 79.9. The number of hydrogen-bond acceptors (Lipinski definition) is 9. The van der Waals surface area contributed by atoms with Crippen LogP contribution in [0.15, 0.2) is 34.8 Å². The van der Waals surface area contributed by atoms with E-state index in [0.29, 0.717) is 27.5 Å². The number of amides is 1. The van der Waals surface area contributed by atoms with Gasteiger partial charge >= 0.3 is 0 Å². The third kappa shape index (κ3) is 4.76. The molecule has 34 heavy (non-hydrogen) atoms. The van der Waals surface area contributed by atoms with Crippen LogP contribution in [-0.2, 0) is 0 Å². The normalized spacial score (nSPS) is 13.5. The molecule has 0 saturated heterocycles. The van der Waals surface area contributed by atoms with Crippen molar-refractivity contribution in [3.8, 4) is 17.2 Å². The molecule has 1 aromatic heterocycles. The number of carbonyl (C=O) groups is 1. The van der Waals surface area contributed by atoms with E-state index >= 15 is 0 Å². The highest BCUT2D eigenvalue weighted by molar-refractivity contribution is 9.10. The molecule has 3 aromatic rings. The standard InChI is InChI=1S/C23H26BrN5O4S/c1-23(2,3)19(12-6-9-15-16(10-12)33-11-32-15)26-21-20(27-34-28-21)25-14-8-7-13(24)17(18(14)30)22(31)29(4)5/h6-10,19,30H,11H2,1-5H3,(H,25,27)(H,26,28)/t19-/m0/s1. The van der Waals surface area contributed by atoms with E-state index in [2.05, 4.69) is 56.1 Å². The number of halogens is 1. The lowest BCUT2D eigenvalue weighted by molar-refractivity contribution is 0.0824. The van der Waals surface area contributed by atoms with Gasteiger partial charge in [-0.05, 0) is 51.2 Å². The average Bonchev–Trinajstić information content (AvgIpc) is 3.41. The summed E-state index contributed by atoms with van der Waals surface area (Å²) in [6.07, 6.45) is 0. The Hall–Kier alpha value is -3.05. The summed E-state index contributed by atoms with van der Waals surface area (Å²) < 4.78 is 20.3. The summed E-state index contributed by atoms with van der Waals surface area (Å²) in [6, 6.07) is 9.13. The van der Waals surface area contributed by atoms with Crippen molar-refractivity contribution in [2.24, 2.45) is 5.41 Å².